The van der Waals surface area contributed by atoms with Crippen LogP contribution in [0.15, 0.2) is 41.3 Å². The molecule has 8 heteroatoms. The van der Waals surface area contributed by atoms with Crippen molar-refractivity contribution >= 4 is 21.6 Å². The summed E-state index contributed by atoms with van der Waals surface area (Å²) in [6.07, 6.45) is 0. The van der Waals surface area contributed by atoms with Gasteiger partial charge in [0.15, 0.2) is 6.61 Å². The molecule has 1 amide bonds. The molecular weight excluding hydrogens is 392 g/mol. The SMILES string of the molecule is Cc1cc(S(=O)(=O)N2CCOCC2)ccc1OCC(=O)Nc1c(C)cccc1C. The molecule has 0 radical (unpaired) electrons. The van der Waals surface area contributed by atoms with Gasteiger partial charge in [-0.3, -0.25) is 4.79 Å². The highest BCUT2D eigenvalue weighted by Gasteiger charge is 2.26. The molecule has 0 aliphatic carbocycles. The van der Waals surface area contributed by atoms with Crippen molar-refractivity contribution in [1.29, 1.82) is 0 Å². The molecule has 1 aliphatic heterocycles. The molecule has 1 fully saturated rings. The monoisotopic (exact) mass is 418 g/mol. The van der Waals surface area contributed by atoms with Gasteiger partial charge < -0.3 is 14.8 Å². The maximum Gasteiger partial charge on any atom is 0.262 e. The van der Waals surface area contributed by atoms with Gasteiger partial charge >= 0.3 is 0 Å². The maximum atomic E-state index is 12.7. The first-order valence-electron chi connectivity index (χ1n) is 9.46. The molecule has 0 aromatic heterocycles. The Kier molecular flexibility index (Phi) is 6.56. The largest absolute Gasteiger partial charge is 0.483 e. The molecule has 0 spiro atoms. The Morgan fingerprint density at radius 1 is 1.07 bits per heavy atom. The summed E-state index contributed by atoms with van der Waals surface area (Å²) in [5, 5.41) is 2.87. The average Bonchev–Trinajstić information content (AvgIpc) is 2.70. The van der Waals surface area contributed by atoms with Crippen molar-refractivity contribution in [3.63, 3.8) is 0 Å². The van der Waals surface area contributed by atoms with Crippen LogP contribution in [0.4, 0.5) is 5.69 Å². The van der Waals surface area contributed by atoms with E-state index in [0.29, 0.717) is 37.6 Å². The number of ether oxygens (including phenoxy) is 2. The first kappa shape index (κ1) is 21.3. The Morgan fingerprint density at radius 2 is 1.72 bits per heavy atom. The van der Waals surface area contributed by atoms with E-state index in [0.717, 1.165) is 16.8 Å². The van der Waals surface area contributed by atoms with E-state index in [1.807, 2.05) is 32.0 Å². The Labute approximate surface area is 171 Å². The number of carbonyl (C=O) groups excluding carboxylic acids is 1. The van der Waals surface area contributed by atoms with E-state index in [4.69, 9.17) is 9.47 Å². The number of nitrogens with zero attached hydrogens (tertiary/aromatic N) is 1. The molecule has 1 heterocycles. The van der Waals surface area contributed by atoms with E-state index in [1.54, 1.807) is 19.1 Å². The second-order valence-corrected chi connectivity index (χ2v) is 8.99. The highest BCUT2D eigenvalue weighted by Crippen LogP contribution is 2.25. The third-order valence-electron chi connectivity index (χ3n) is 4.86. The van der Waals surface area contributed by atoms with Crippen LogP contribution in [0.1, 0.15) is 16.7 Å². The van der Waals surface area contributed by atoms with Gasteiger partial charge in [-0.1, -0.05) is 18.2 Å². The minimum Gasteiger partial charge on any atom is -0.483 e. The molecule has 156 valence electrons. The summed E-state index contributed by atoms with van der Waals surface area (Å²) in [5.74, 6) is 0.203. The highest BCUT2D eigenvalue weighted by molar-refractivity contribution is 7.89. The van der Waals surface area contributed by atoms with Crippen molar-refractivity contribution in [2.45, 2.75) is 25.7 Å². The molecule has 2 aromatic rings. The van der Waals surface area contributed by atoms with Crippen LogP contribution in [0.2, 0.25) is 0 Å². The predicted molar refractivity (Wildman–Crippen MR) is 111 cm³/mol. The Morgan fingerprint density at radius 3 is 2.34 bits per heavy atom. The van der Waals surface area contributed by atoms with E-state index < -0.39 is 10.0 Å². The van der Waals surface area contributed by atoms with Gasteiger partial charge in [0.05, 0.1) is 18.1 Å². The zero-order valence-electron chi connectivity index (χ0n) is 16.9. The number of benzene rings is 2. The molecule has 3 rings (SSSR count). The molecule has 2 aromatic carbocycles. The smallest absolute Gasteiger partial charge is 0.262 e. The van der Waals surface area contributed by atoms with Gasteiger partial charge in [-0.25, -0.2) is 8.42 Å². The number of aryl methyl sites for hydroxylation is 3. The predicted octanol–water partition coefficient (Wildman–Crippen LogP) is 2.65. The molecule has 0 unspecified atom stereocenters. The van der Waals surface area contributed by atoms with Crippen molar-refractivity contribution in [1.82, 2.24) is 4.31 Å². The van der Waals surface area contributed by atoms with Gasteiger partial charge in [0.1, 0.15) is 5.75 Å². The molecule has 1 saturated heterocycles. The number of para-hydroxylation sites is 1. The summed E-state index contributed by atoms with van der Waals surface area (Å²) in [7, 11) is -3.56. The highest BCUT2D eigenvalue weighted by atomic mass is 32.2. The molecule has 0 atom stereocenters. The van der Waals surface area contributed by atoms with Gasteiger partial charge in [-0.05, 0) is 55.7 Å². The quantitative estimate of drug-likeness (QED) is 0.780. The third-order valence-corrected chi connectivity index (χ3v) is 6.75. The number of sulfonamides is 1. The minimum absolute atomic E-state index is 0.163. The number of amides is 1. The zero-order valence-corrected chi connectivity index (χ0v) is 17.7. The summed E-state index contributed by atoms with van der Waals surface area (Å²) >= 11 is 0. The first-order chi connectivity index (χ1) is 13.8. The van der Waals surface area contributed by atoms with Gasteiger partial charge in [-0.15, -0.1) is 0 Å². The molecule has 7 nitrogen and oxygen atoms in total. The number of morpholine rings is 1. The Bertz CT molecular complexity index is 978. The number of nitrogens with one attached hydrogen (secondary N) is 1. The van der Waals surface area contributed by atoms with E-state index in [-0.39, 0.29) is 17.4 Å². The van der Waals surface area contributed by atoms with Crippen molar-refractivity contribution in [2.24, 2.45) is 0 Å². The molecule has 1 N–H and O–H groups in total. The first-order valence-corrected chi connectivity index (χ1v) is 10.9. The van der Waals surface area contributed by atoms with Crippen LogP contribution in [0, 0.1) is 20.8 Å². The van der Waals surface area contributed by atoms with Gasteiger partial charge in [-0.2, -0.15) is 4.31 Å². The fourth-order valence-corrected chi connectivity index (χ4v) is 4.70. The van der Waals surface area contributed by atoms with Crippen molar-refractivity contribution in [3.05, 3.63) is 53.1 Å². The zero-order chi connectivity index (χ0) is 21.0. The summed E-state index contributed by atoms with van der Waals surface area (Å²) < 4.78 is 37.8. The lowest BCUT2D eigenvalue weighted by Gasteiger charge is -2.26. The lowest BCUT2D eigenvalue weighted by Crippen LogP contribution is -2.40. The normalized spacial score (nSPS) is 15.1. The number of hydrogen-bond donors (Lipinski definition) is 1. The second-order valence-electron chi connectivity index (χ2n) is 7.05. The van der Waals surface area contributed by atoms with Crippen molar-refractivity contribution in [2.75, 3.05) is 38.2 Å². The topological polar surface area (TPSA) is 84.9 Å². The van der Waals surface area contributed by atoms with E-state index in [2.05, 4.69) is 5.32 Å². The maximum absolute atomic E-state index is 12.7. The van der Waals surface area contributed by atoms with Crippen LogP contribution in [-0.2, 0) is 19.6 Å². The van der Waals surface area contributed by atoms with Gasteiger partial charge in [0.25, 0.3) is 5.91 Å². The Balaban J connectivity index is 1.65. The van der Waals surface area contributed by atoms with Crippen LogP contribution in [0.5, 0.6) is 5.75 Å². The number of hydrogen-bond acceptors (Lipinski definition) is 5. The third kappa shape index (κ3) is 4.95. The molecule has 0 bridgehead atoms. The molecular formula is C21H26N2O5S. The van der Waals surface area contributed by atoms with Crippen molar-refractivity contribution < 1.29 is 22.7 Å². The fraction of sp³-hybridized carbons (Fsp3) is 0.381. The van der Waals surface area contributed by atoms with Gasteiger partial charge in [0, 0.05) is 18.8 Å². The van der Waals surface area contributed by atoms with E-state index >= 15 is 0 Å². The van der Waals surface area contributed by atoms with Crippen molar-refractivity contribution in [3.8, 4) is 5.75 Å². The number of carbonyl (C=O) groups is 1. The standard InChI is InChI=1S/C21H26N2O5S/c1-15-5-4-6-16(2)21(15)22-20(24)14-28-19-8-7-18(13-17(19)3)29(25,26)23-9-11-27-12-10-23/h4-8,13H,9-12,14H2,1-3H3,(H,22,24). The Hall–Kier alpha value is -2.42. The second kappa shape index (κ2) is 8.94. The van der Waals surface area contributed by atoms with Crippen LogP contribution in [-0.4, -0.2) is 51.5 Å². The van der Waals surface area contributed by atoms with Crippen LogP contribution in [0.3, 0.4) is 0 Å². The average molecular weight is 419 g/mol. The summed E-state index contributed by atoms with van der Waals surface area (Å²) in [5.41, 5.74) is 3.39. The molecule has 1 aliphatic rings. The molecule has 29 heavy (non-hydrogen) atoms. The minimum atomic E-state index is -3.56. The number of rotatable bonds is 6. The lowest BCUT2D eigenvalue weighted by molar-refractivity contribution is -0.118. The van der Waals surface area contributed by atoms with E-state index in [1.165, 1.54) is 10.4 Å². The summed E-state index contributed by atoms with van der Waals surface area (Å²) in [4.78, 5) is 12.5. The van der Waals surface area contributed by atoms with Crippen LogP contribution >= 0.6 is 0 Å². The number of anilines is 1. The summed E-state index contributed by atoms with van der Waals surface area (Å²) in [6.45, 7) is 6.95. The van der Waals surface area contributed by atoms with Gasteiger partial charge in [0.2, 0.25) is 10.0 Å². The lowest BCUT2D eigenvalue weighted by atomic mass is 10.1. The fourth-order valence-electron chi connectivity index (χ4n) is 3.21. The van der Waals surface area contributed by atoms with Crippen LogP contribution < -0.4 is 10.1 Å². The molecule has 0 saturated carbocycles. The van der Waals surface area contributed by atoms with E-state index in [9.17, 15) is 13.2 Å². The van der Waals surface area contributed by atoms with Crippen LogP contribution in [0.25, 0.3) is 0 Å². The summed E-state index contributed by atoms with van der Waals surface area (Å²) in [6, 6.07) is 10.5.